The van der Waals surface area contributed by atoms with E-state index in [2.05, 4.69) is 17.3 Å². The molecule has 1 unspecified atom stereocenters. The van der Waals surface area contributed by atoms with Gasteiger partial charge in [0.2, 0.25) is 0 Å². The largest absolute Gasteiger partial charge is 0.381 e. The molecule has 110 valence electrons. The molecule has 3 aliphatic heterocycles. The monoisotopic (exact) mass is 268 g/mol. The Morgan fingerprint density at radius 1 is 1.00 bits per heavy atom. The highest BCUT2D eigenvalue weighted by Gasteiger charge is 2.41. The first-order valence-corrected chi connectivity index (χ1v) is 7.93. The summed E-state index contributed by atoms with van der Waals surface area (Å²) < 4.78 is 11.7. The average molecular weight is 268 g/mol. The van der Waals surface area contributed by atoms with Gasteiger partial charge in [-0.2, -0.15) is 0 Å². The number of piperidine rings is 1. The van der Waals surface area contributed by atoms with Gasteiger partial charge in [0.25, 0.3) is 0 Å². The first-order chi connectivity index (χ1) is 9.29. The number of nitrogens with one attached hydrogen (secondary N) is 1. The van der Waals surface area contributed by atoms with E-state index in [1.54, 1.807) is 0 Å². The fraction of sp³-hybridized carbons (Fsp3) is 1.00. The highest BCUT2D eigenvalue weighted by molar-refractivity contribution is 4.93. The minimum atomic E-state index is 0.127. The lowest BCUT2D eigenvalue weighted by molar-refractivity contribution is -0.152. The summed E-state index contributed by atoms with van der Waals surface area (Å²) in [5, 5.41) is 3.46. The Balaban J connectivity index is 1.60. The lowest BCUT2D eigenvalue weighted by atomic mass is 9.83. The SMILES string of the molecule is CN(C1CCNCC1)C1CCOC2(CCOCC2)C1. The van der Waals surface area contributed by atoms with E-state index in [0.29, 0.717) is 6.04 Å². The number of hydrogen-bond donors (Lipinski definition) is 1. The summed E-state index contributed by atoms with van der Waals surface area (Å²) in [7, 11) is 2.33. The van der Waals surface area contributed by atoms with Crippen LogP contribution in [0.15, 0.2) is 0 Å². The van der Waals surface area contributed by atoms with E-state index in [9.17, 15) is 0 Å². The maximum atomic E-state index is 6.16. The molecule has 3 fully saturated rings. The van der Waals surface area contributed by atoms with Crippen LogP contribution in [0.3, 0.4) is 0 Å². The van der Waals surface area contributed by atoms with Crippen LogP contribution >= 0.6 is 0 Å². The van der Waals surface area contributed by atoms with Gasteiger partial charge in [0.1, 0.15) is 0 Å². The Hall–Kier alpha value is -0.160. The van der Waals surface area contributed by atoms with Crippen molar-refractivity contribution in [3.63, 3.8) is 0 Å². The molecule has 0 radical (unpaired) electrons. The van der Waals surface area contributed by atoms with Gasteiger partial charge in [0.15, 0.2) is 0 Å². The van der Waals surface area contributed by atoms with Gasteiger partial charge in [-0.25, -0.2) is 0 Å². The second kappa shape index (κ2) is 6.08. The van der Waals surface area contributed by atoms with E-state index in [0.717, 1.165) is 38.7 Å². The fourth-order valence-corrected chi connectivity index (χ4v) is 3.95. The number of hydrogen-bond acceptors (Lipinski definition) is 4. The predicted octanol–water partition coefficient (Wildman–Crippen LogP) is 1.40. The first kappa shape index (κ1) is 13.8. The van der Waals surface area contributed by atoms with Crippen molar-refractivity contribution >= 4 is 0 Å². The van der Waals surface area contributed by atoms with Crippen LogP contribution in [0.5, 0.6) is 0 Å². The molecule has 1 spiro atoms. The molecule has 3 aliphatic rings. The van der Waals surface area contributed by atoms with Gasteiger partial charge in [-0.1, -0.05) is 0 Å². The van der Waals surface area contributed by atoms with Crippen molar-refractivity contribution < 1.29 is 9.47 Å². The molecule has 0 bridgehead atoms. The zero-order chi connectivity index (χ0) is 13.1. The van der Waals surface area contributed by atoms with Crippen LogP contribution in [0.4, 0.5) is 0 Å². The Kier molecular flexibility index (Phi) is 4.42. The zero-order valence-corrected chi connectivity index (χ0v) is 12.2. The quantitative estimate of drug-likeness (QED) is 0.821. The van der Waals surface area contributed by atoms with E-state index < -0.39 is 0 Å². The second-order valence-electron chi connectivity index (χ2n) is 6.44. The summed E-state index contributed by atoms with van der Waals surface area (Å²) in [6.45, 7) is 5.04. The molecule has 0 aromatic carbocycles. The van der Waals surface area contributed by atoms with Crippen molar-refractivity contribution in [3.05, 3.63) is 0 Å². The predicted molar refractivity (Wildman–Crippen MR) is 75.4 cm³/mol. The lowest BCUT2D eigenvalue weighted by Crippen LogP contribution is -2.53. The normalized spacial score (nSPS) is 32.8. The molecule has 4 heteroatoms. The zero-order valence-electron chi connectivity index (χ0n) is 12.2. The van der Waals surface area contributed by atoms with Crippen LogP contribution < -0.4 is 5.32 Å². The van der Waals surface area contributed by atoms with Crippen LogP contribution in [0.1, 0.15) is 38.5 Å². The van der Waals surface area contributed by atoms with Crippen molar-refractivity contribution in [3.8, 4) is 0 Å². The molecule has 3 rings (SSSR count). The molecule has 0 aromatic rings. The third kappa shape index (κ3) is 3.13. The Labute approximate surface area is 116 Å². The van der Waals surface area contributed by atoms with Gasteiger partial charge >= 0.3 is 0 Å². The smallest absolute Gasteiger partial charge is 0.0741 e. The number of nitrogens with zero attached hydrogens (tertiary/aromatic N) is 1. The molecular weight excluding hydrogens is 240 g/mol. The molecule has 1 atom stereocenters. The molecule has 4 nitrogen and oxygen atoms in total. The van der Waals surface area contributed by atoms with E-state index >= 15 is 0 Å². The van der Waals surface area contributed by atoms with E-state index in [4.69, 9.17) is 9.47 Å². The molecular formula is C15H28N2O2. The van der Waals surface area contributed by atoms with Crippen molar-refractivity contribution in [2.45, 2.75) is 56.2 Å². The summed E-state index contributed by atoms with van der Waals surface area (Å²) in [6.07, 6.45) is 7.17. The third-order valence-electron chi connectivity index (χ3n) is 5.33. The summed E-state index contributed by atoms with van der Waals surface area (Å²) in [6, 6.07) is 1.47. The van der Waals surface area contributed by atoms with Crippen LogP contribution in [0.25, 0.3) is 0 Å². The van der Waals surface area contributed by atoms with Gasteiger partial charge in [0, 0.05) is 31.9 Å². The topological polar surface area (TPSA) is 33.7 Å². The molecule has 0 aliphatic carbocycles. The average Bonchev–Trinajstić information content (AvgIpc) is 2.48. The van der Waals surface area contributed by atoms with Gasteiger partial charge in [-0.05, 0) is 58.7 Å². The molecule has 0 saturated carbocycles. The standard InChI is InChI=1S/C15H28N2O2/c1-17(13-2-7-16-8-3-13)14-4-9-19-15(12-14)5-10-18-11-6-15/h13-14,16H,2-12H2,1H3. The summed E-state index contributed by atoms with van der Waals surface area (Å²) >= 11 is 0. The molecule has 3 heterocycles. The van der Waals surface area contributed by atoms with Crippen LogP contribution in [-0.2, 0) is 9.47 Å². The van der Waals surface area contributed by atoms with Gasteiger partial charge in [0.05, 0.1) is 5.60 Å². The van der Waals surface area contributed by atoms with Crippen LogP contribution in [-0.4, -0.2) is 62.5 Å². The van der Waals surface area contributed by atoms with Crippen molar-refractivity contribution in [2.24, 2.45) is 0 Å². The number of ether oxygens (including phenoxy) is 2. The van der Waals surface area contributed by atoms with Gasteiger partial charge < -0.3 is 19.7 Å². The Morgan fingerprint density at radius 3 is 2.47 bits per heavy atom. The third-order valence-corrected chi connectivity index (χ3v) is 5.33. The minimum absolute atomic E-state index is 0.127. The van der Waals surface area contributed by atoms with Gasteiger partial charge in [-0.15, -0.1) is 0 Å². The van der Waals surface area contributed by atoms with Crippen molar-refractivity contribution in [1.82, 2.24) is 10.2 Å². The summed E-state index contributed by atoms with van der Waals surface area (Å²) in [5.74, 6) is 0. The molecule has 3 saturated heterocycles. The van der Waals surface area contributed by atoms with Crippen molar-refractivity contribution in [2.75, 3.05) is 40.0 Å². The summed E-state index contributed by atoms with van der Waals surface area (Å²) in [4.78, 5) is 2.65. The lowest BCUT2D eigenvalue weighted by Gasteiger charge is -2.47. The molecule has 1 N–H and O–H groups in total. The first-order valence-electron chi connectivity index (χ1n) is 7.93. The maximum Gasteiger partial charge on any atom is 0.0741 e. The molecule has 0 amide bonds. The van der Waals surface area contributed by atoms with Crippen LogP contribution in [0, 0.1) is 0 Å². The van der Waals surface area contributed by atoms with E-state index in [-0.39, 0.29) is 5.60 Å². The van der Waals surface area contributed by atoms with Gasteiger partial charge in [-0.3, -0.25) is 0 Å². The summed E-state index contributed by atoms with van der Waals surface area (Å²) in [5.41, 5.74) is 0.127. The Bertz CT molecular complexity index is 280. The second-order valence-corrected chi connectivity index (χ2v) is 6.44. The fourth-order valence-electron chi connectivity index (χ4n) is 3.95. The van der Waals surface area contributed by atoms with E-state index in [1.165, 1.54) is 38.8 Å². The van der Waals surface area contributed by atoms with E-state index in [1.807, 2.05) is 0 Å². The Morgan fingerprint density at radius 2 is 1.74 bits per heavy atom. The highest BCUT2D eigenvalue weighted by atomic mass is 16.5. The molecule has 0 aromatic heterocycles. The maximum absolute atomic E-state index is 6.16. The number of rotatable bonds is 2. The minimum Gasteiger partial charge on any atom is -0.381 e. The van der Waals surface area contributed by atoms with Crippen molar-refractivity contribution in [1.29, 1.82) is 0 Å². The van der Waals surface area contributed by atoms with Crippen LogP contribution in [0.2, 0.25) is 0 Å². The highest BCUT2D eigenvalue weighted by Crippen LogP contribution is 2.36. The molecule has 19 heavy (non-hydrogen) atoms.